The van der Waals surface area contributed by atoms with Gasteiger partial charge >= 0.3 is 53.4 Å². The molecule has 0 fully saturated rings. The maximum atomic E-state index is 8.88. The molecule has 0 unspecified atom stereocenters. The SMILES string of the molecule is O=P(O)(O)O.O=P(O)(O)O.[B].[Fe].[H-].[H-].[Li+].[Li+].[Mn]. The Balaban J connectivity index is -0.00000000762. The van der Waals surface area contributed by atoms with Crippen LogP contribution in [0, 0.1) is 0 Å². The van der Waals surface area contributed by atoms with Gasteiger partial charge in [0.2, 0.25) is 0 Å². The Kier molecular flexibility index (Phi) is 54.4. The molecule has 15 heteroatoms. The molecule has 0 spiro atoms. The minimum atomic E-state index is -4.64. The van der Waals surface area contributed by atoms with Gasteiger partial charge in [0.25, 0.3) is 0 Å². The van der Waals surface area contributed by atoms with Crippen molar-refractivity contribution >= 4 is 24.1 Å². The van der Waals surface area contributed by atoms with E-state index in [4.69, 9.17) is 38.5 Å². The summed E-state index contributed by atoms with van der Waals surface area (Å²) >= 11 is 0. The molecule has 15 heavy (non-hydrogen) atoms. The van der Waals surface area contributed by atoms with Crippen LogP contribution in [0.4, 0.5) is 0 Å². The van der Waals surface area contributed by atoms with Gasteiger partial charge in [-0.05, 0) is 0 Å². The van der Waals surface area contributed by atoms with Gasteiger partial charge in [0, 0.05) is 42.6 Å². The van der Waals surface area contributed by atoms with Crippen molar-refractivity contribution < 1.29 is 113 Å². The molecule has 0 bridgehead atoms. The Labute approximate surface area is 136 Å². The Morgan fingerprint density at radius 2 is 0.733 bits per heavy atom. The van der Waals surface area contributed by atoms with Crippen LogP contribution in [0.5, 0.6) is 0 Å². The van der Waals surface area contributed by atoms with E-state index >= 15 is 0 Å². The summed E-state index contributed by atoms with van der Waals surface area (Å²) in [4.78, 5) is 43.1. The molecule has 0 aromatic heterocycles. The fourth-order valence-electron chi connectivity index (χ4n) is 0. The summed E-state index contributed by atoms with van der Waals surface area (Å²) in [5.74, 6) is 0. The van der Waals surface area contributed by atoms with E-state index in [0.29, 0.717) is 0 Å². The van der Waals surface area contributed by atoms with E-state index in [1.807, 2.05) is 0 Å². The predicted octanol–water partition coefficient (Wildman–Crippen LogP) is -8.01. The summed E-state index contributed by atoms with van der Waals surface area (Å²) in [6.07, 6.45) is 0. The Morgan fingerprint density at radius 3 is 0.733 bits per heavy atom. The maximum absolute atomic E-state index is 8.88. The zero-order valence-corrected chi connectivity index (χ0v) is 11.8. The average Bonchev–Trinajstić information content (AvgIpc) is 1.12. The Hall–Kier alpha value is 2.52. The van der Waals surface area contributed by atoms with Crippen molar-refractivity contribution in [2.24, 2.45) is 0 Å². The molecule has 8 nitrogen and oxygen atoms in total. The summed E-state index contributed by atoms with van der Waals surface area (Å²) in [5, 5.41) is 0. The van der Waals surface area contributed by atoms with Crippen molar-refractivity contribution in [3.63, 3.8) is 0 Å². The van der Waals surface area contributed by atoms with Crippen molar-refractivity contribution in [2.75, 3.05) is 0 Å². The van der Waals surface area contributed by atoms with E-state index in [9.17, 15) is 0 Å². The molecule has 0 rings (SSSR count). The number of rotatable bonds is 0. The standard InChI is InChI=1S/B.Fe.2Li.Mn.2H3O4P.2H/c;;;;;2*1-5(2,3)4;;/h;;;;;2*(H3,1,2,3,4);;/q;;2*+1;;;;2*-1. The predicted molar refractivity (Wildman–Crippen MR) is 36.5 cm³/mol. The van der Waals surface area contributed by atoms with Gasteiger partial charge in [-0.25, -0.2) is 9.13 Å². The second kappa shape index (κ2) is 18.9. The first-order valence-corrected chi connectivity index (χ1v) is 4.70. The number of hydrogen-bond donors (Lipinski definition) is 6. The van der Waals surface area contributed by atoms with E-state index < -0.39 is 15.6 Å². The van der Waals surface area contributed by atoms with Crippen molar-refractivity contribution in [2.45, 2.75) is 0 Å². The van der Waals surface area contributed by atoms with Crippen LogP contribution in [-0.4, -0.2) is 37.8 Å². The third kappa shape index (κ3) is 549. The third-order valence-corrected chi connectivity index (χ3v) is 0. The monoisotopic (exact) mass is 334 g/mol. The minimum Gasteiger partial charge on any atom is -1.00 e. The molecule has 0 amide bonds. The zero-order chi connectivity index (χ0) is 9.00. The van der Waals surface area contributed by atoms with Crippen LogP contribution in [0.15, 0.2) is 0 Å². The second-order valence-corrected chi connectivity index (χ2v) is 3.08. The second-order valence-electron chi connectivity index (χ2n) is 1.03. The van der Waals surface area contributed by atoms with Crippen molar-refractivity contribution in [3.05, 3.63) is 0 Å². The molecular weight excluding hydrogens is 325 g/mol. The molecule has 0 aliphatic rings. The van der Waals surface area contributed by atoms with Crippen molar-refractivity contribution in [1.82, 2.24) is 0 Å². The van der Waals surface area contributed by atoms with Crippen LogP contribution in [0.2, 0.25) is 0 Å². The van der Waals surface area contributed by atoms with E-state index in [1.165, 1.54) is 0 Å². The third-order valence-electron chi connectivity index (χ3n) is 0. The molecule has 0 aromatic carbocycles. The van der Waals surface area contributed by atoms with Crippen LogP contribution in [0.3, 0.4) is 0 Å². The van der Waals surface area contributed by atoms with E-state index in [2.05, 4.69) is 0 Å². The van der Waals surface area contributed by atoms with Crippen molar-refractivity contribution in [1.29, 1.82) is 0 Å². The quantitative estimate of drug-likeness (QED) is 0.189. The van der Waals surface area contributed by atoms with Gasteiger partial charge in [-0.2, -0.15) is 0 Å². The van der Waals surface area contributed by atoms with E-state index in [1.54, 1.807) is 0 Å². The van der Waals surface area contributed by atoms with Crippen LogP contribution < -0.4 is 37.7 Å². The summed E-state index contributed by atoms with van der Waals surface area (Å²) in [6, 6.07) is 0. The summed E-state index contributed by atoms with van der Waals surface area (Å²) in [5.41, 5.74) is 0. The molecule has 6 N–H and O–H groups in total. The molecule has 0 saturated carbocycles. The van der Waals surface area contributed by atoms with E-state index in [0.717, 1.165) is 0 Å². The smallest absolute Gasteiger partial charge is 1.00 e. The molecule has 0 aliphatic heterocycles. The van der Waals surface area contributed by atoms with Crippen LogP contribution >= 0.6 is 15.6 Å². The first kappa shape index (κ1) is 43.2. The van der Waals surface area contributed by atoms with Gasteiger partial charge in [-0.3, -0.25) is 0 Å². The van der Waals surface area contributed by atoms with Crippen LogP contribution in [0.1, 0.15) is 2.85 Å². The maximum Gasteiger partial charge on any atom is 1.00 e. The first-order valence-electron chi connectivity index (χ1n) is 1.57. The van der Waals surface area contributed by atoms with Gasteiger partial charge in [0.05, 0.1) is 0 Å². The van der Waals surface area contributed by atoms with Gasteiger partial charge in [0.1, 0.15) is 0 Å². The van der Waals surface area contributed by atoms with Crippen LogP contribution in [-0.2, 0) is 43.3 Å². The molecule has 0 aliphatic carbocycles. The van der Waals surface area contributed by atoms with E-state index in [-0.39, 0.29) is 83.1 Å². The molecule has 4 radical (unpaired) electrons. The van der Waals surface area contributed by atoms with Gasteiger partial charge in [-0.1, -0.05) is 0 Å². The number of phosphoric acid groups is 2. The minimum absolute atomic E-state index is 0. The van der Waals surface area contributed by atoms with Gasteiger partial charge < -0.3 is 32.2 Å². The fraction of sp³-hybridized carbons (Fsp3) is 0. The van der Waals surface area contributed by atoms with Gasteiger partial charge in [-0.15, -0.1) is 0 Å². The topological polar surface area (TPSA) is 156 Å². The molecule has 0 aromatic rings. The summed E-state index contributed by atoms with van der Waals surface area (Å²) in [7, 11) is -9.28. The molecular formula is H8BFeLi2MnO8P2. The van der Waals surface area contributed by atoms with Crippen LogP contribution in [0.25, 0.3) is 0 Å². The first-order chi connectivity index (χ1) is 4.00. The summed E-state index contributed by atoms with van der Waals surface area (Å²) < 4.78 is 17.8. The summed E-state index contributed by atoms with van der Waals surface area (Å²) in [6.45, 7) is 0. The molecule has 0 saturated heterocycles. The molecule has 0 heterocycles. The molecule has 86 valence electrons. The van der Waals surface area contributed by atoms with Crippen molar-refractivity contribution in [3.8, 4) is 0 Å². The largest absolute Gasteiger partial charge is 1.00 e. The Bertz CT molecular complexity index is 152. The zero-order valence-electron chi connectivity index (χ0n) is 9.70. The normalized spacial score (nSPS) is 7.87. The fourth-order valence-corrected chi connectivity index (χ4v) is 0. The Morgan fingerprint density at radius 1 is 0.733 bits per heavy atom. The molecule has 0 atom stereocenters. The number of hydrogen-bond acceptors (Lipinski definition) is 2. The average molecular weight is 333 g/mol. The van der Waals surface area contributed by atoms with Gasteiger partial charge in [0.15, 0.2) is 0 Å².